The van der Waals surface area contributed by atoms with E-state index in [2.05, 4.69) is 25.6 Å². The molecule has 5 unspecified atom stereocenters. The third-order valence-corrected chi connectivity index (χ3v) is 9.14. The van der Waals surface area contributed by atoms with Crippen molar-refractivity contribution < 1.29 is 29.3 Å². The first-order valence-corrected chi connectivity index (χ1v) is 15.3. The fourth-order valence-corrected chi connectivity index (χ4v) is 6.34. The van der Waals surface area contributed by atoms with Crippen LogP contribution in [0.1, 0.15) is 75.0 Å². The average Bonchev–Trinajstić information content (AvgIpc) is 3.70. The Bertz CT molecular complexity index is 1300. The first-order valence-electron chi connectivity index (χ1n) is 15.3. The molecule has 2 fully saturated rings. The average molecular weight is 576 g/mol. The van der Waals surface area contributed by atoms with E-state index in [9.17, 15) is 24.6 Å². The number of allylic oxidation sites excluding steroid dienone is 1. The number of nitrogens with zero attached hydrogens (tertiary/aromatic N) is 1. The first-order chi connectivity index (χ1) is 20.1. The number of aryl methyl sites for hydroxylation is 1. The van der Waals surface area contributed by atoms with Crippen LogP contribution in [0.15, 0.2) is 49.1 Å². The predicted molar refractivity (Wildman–Crippen MR) is 163 cm³/mol. The Morgan fingerprint density at radius 2 is 1.90 bits per heavy atom. The molecule has 2 N–H and O–H groups in total. The number of carbonyl (C=O) groups excluding carboxylic acids is 3. The van der Waals surface area contributed by atoms with Crippen LogP contribution in [0.4, 0.5) is 0 Å². The Morgan fingerprint density at radius 3 is 2.55 bits per heavy atom. The van der Waals surface area contributed by atoms with Crippen LogP contribution < -0.4 is 4.74 Å². The Kier molecular flexibility index (Phi) is 10.5. The van der Waals surface area contributed by atoms with Gasteiger partial charge in [0, 0.05) is 37.3 Å². The van der Waals surface area contributed by atoms with E-state index in [1.54, 1.807) is 19.3 Å². The lowest BCUT2D eigenvalue weighted by atomic mass is 9.81. The highest BCUT2D eigenvalue weighted by Crippen LogP contribution is 2.50. The zero-order valence-corrected chi connectivity index (χ0v) is 25.2. The van der Waals surface area contributed by atoms with Crippen molar-refractivity contribution in [2.75, 3.05) is 20.2 Å². The topological polar surface area (TPSA) is 104 Å². The second-order valence-electron chi connectivity index (χ2n) is 12.2. The first kappa shape index (κ1) is 31.3. The molecule has 0 aromatic heterocycles. The van der Waals surface area contributed by atoms with Crippen molar-refractivity contribution in [3.05, 3.63) is 65.7 Å². The minimum atomic E-state index is -0.528. The summed E-state index contributed by atoms with van der Waals surface area (Å²) in [5, 5.41) is 19.8. The van der Waals surface area contributed by atoms with Gasteiger partial charge in [0.15, 0.2) is 5.78 Å². The highest BCUT2D eigenvalue weighted by molar-refractivity contribution is 5.91. The molecule has 1 amide bonds. The number of methoxy groups -OCH3 is 1. The van der Waals surface area contributed by atoms with Gasteiger partial charge in [0.05, 0.1) is 13.7 Å². The minimum Gasteiger partial charge on any atom is -0.508 e. The number of Topliss-reactive ketones (excluding diaryl/α,β-unsaturated/α-hetero) is 2. The monoisotopic (exact) mass is 575 g/mol. The van der Waals surface area contributed by atoms with Crippen LogP contribution in [0.25, 0.3) is 0 Å². The lowest BCUT2D eigenvalue weighted by Gasteiger charge is -2.32. The van der Waals surface area contributed by atoms with Crippen LogP contribution in [-0.2, 0) is 27.2 Å². The van der Waals surface area contributed by atoms with Crippen LogP contribution in [0, 0.1) is 23.7 Å². The largest absolute Gasteiger partial charge is 0.508 e. The van der Waals surface area contributed by atoms with E-state index in [1.807, 2.05) is 13.0 Å². The van der Waals surface area contributed by atoms with Crippen molar-refractivity contribution in [2.24, 2.45) is 23.7 Å². The van der Waals surface area contributed by atoms with Crippen molar-refractivity contribution in [2.45, 2.75) is 71.1 Å². The van der Waals surface area contributed by atoms with Gasteiger partial charge in [-0.05, 0) is 85.1 Å². The van der Waals surface area contributed by atoms with Gasteiger partial charge >= 0.3 is 0 Å². The van der Waals surface area contributed by atoms with E-state index in [-0.39, 0.29) is 60.3 Å². The number of hydrogen-bond acceptors (Lipinski definition) is 6. The number of carbonyl (C=O) groups is 3. The van der Waals surface area contributed by atoms with Crippen molar-refractivity contribution >= 4 is 17.5 Å². The van der Waals surface area contributed by atoms with E-state index in [0.29, 0.717) is 43.1 Å². The summed E-state index contributed by atoms with van der Waals surface area (Å²) in [5.74, 6) is 1.06. The van der Waals surface area contributed by atoms with Crippen LogP contribution in [0.2, 0.25) is 0 Å². The van der Waals surface area contributed by atoms with Gasteiger partial charge in [-0.15, -0.1) is 6.58 Å². The number of aromatic hydroxyl groups is 2. The fourth-order valence-electron chi connectivity index (χ4n) is 6.34. The lowest BCUT2D eigenvalue weighted by molar-refractivity contribution is -0.143. The summed E-state index contributed by atoms with van der Waals surface area (Å²) >= 11 is 0. The maximum atomic E-state index is 13.8. The number of phenolic OH excluding ortho intramolecular Hbond substituents is 2. The number of rotatable bonds is 13. The Morgan fingerprint density at radius 1 is 1.14 bits per heavy atom. The summed E-state index contributed by atoms with van der Waals surface area (Å²) in [5.41, 5.74) is 3.04. The number of amides is 1. The SMILES string of the molecule is C=CC1CC(=O)CN(CCc2ccc(O)cc2O)C(=O)C(CC(=O)C(CC)CCc2ccc(OC)c(C3CC3C)c2)C1. The minimum absolute atomic E-state index is 0.0245. The highest BCUT2D eigenvalue weighted by atomic mass is 16.5. The summed E-state index contributed by atoms with van der Waals surface area (Å²) < 4.78 is 5.59. The van der Waals surface area contributed by atoms with E-state index >= 15 is 0 Å². The van der Waals surface area contributed by atoms with Crippen LogP contribution >= 0.6 is 0 Å². The third-order valence-electron chi connectivity index (χ3n) is 9.14. The summed E-state index contributed by atoms with van der Waals surface area (Å²) in [4.78, 5) is 41.6. The van der Waals surface area contributed by atoms with Crippen molar-refractivity contribution in [1.82, 2.24) is 4.90 Å². The van der Waals surface area contributed by atoms with Crippen LogP contribution in [0.3, 0.4) is 0 Å². The Hall–Kier alpha value is -3.61. The zero-order chi connectivity index (χ0) is 30.4. The molecule has 7 heteroatoms. The normalized spacial score (nSPS) is 23.2. The number of ether oxygens (including phenoxy) is 1. The molecule has 1 aliphatic heterocycles. The molecule has 1 saturated heterocycles. The van der Waals surface area contributed by atoms with Gasteiger partial charge in [-0.3, -0.25) is 14.4 Å². The molecule has 5 atom stereocenters. The molecule has 2 aromatic rings. The number of phenols is 2. The molecular weight excluding hydrogens is 530 g/mol. The van der Waals surface area contributed by atoms with Gasteiger partial charge in [0.2, 0.25) is 5.91 Å². The van der Waals surface area contributed by atoms with Gasteiger partial charge in [-0.1, -0.05) is 38.1 Å². The Balaban J connectivity index is 1.43. The predicted octanol–water partition coefficient (Wildman–Crippen LogP) is 6.00. The molecule has 0 radical (unpaired) electrons. The molecule has 226 valence electrons. The van der Waals surface area contributed by atoms with Crippen molar-refractivity contribution in [3.8, 4) is 17.2 Å². The summed E-state index contributed by atoms with van der Waals surface area (Å²) in [6.45, 7) is 8.37. The molecule has 4 rings (SSSR count). The standard InChI is InChI=1S/C35H45NO6/c1-5-23-16-27(35(41)36(21-29(38)17-23)14-13-26-10-11-28(37)20-33(26)40)19-32(39)25(6-2)9-7-24-8-12-34(42-4)31(18-24)30-15-22(30)3/h5,8,10-12,18,20,22-23,25,27,30,37,40H,1,6-7,9,13-17,19,21H2,2-4H3. The summed E-state index contributed by atoms with van der Waals surface area (Å²) in [6.07, 6.45) is 6.29. The van der Waals surface area contributed by atoms with Crippen molar-refractivity contribution in [1.29, 1.82) is 0 Å². The quantitative estimate of drug-likeness (QED) is 0.284. The van der Waals surface area contributed by atoms with Gasteiger partial charge in [0.1, 0.15) is 23.0 Å². The number of hydrogen-bond donors (Lipinski definition) is 2. The molecule has 0 spiro atoms. The third kappa shape index (κ3) is 7.81. The molecule has 42 heavy (non-hydrogen) atoms. The number of benzene rings is 2. The van der Waals surface area contributed by atoms with Gasteiger partial charge < -0.3 is 19.8 Å². The van der Waals surface area contributed by atoms with Gasteiger partial charge in [0.25, 0.3) is 0 Å². The maximum Gasteiger partial charge on any atom is 0.226 e. The molecule has 7 nitrogen and oxygen atoms in total. The maximum absolute atomic E-state index is 13.8. The summed E-state index contributed by atoms with van der Waals surface area (Å²) in [6, 6.07) is 10.7. The van der Waals surface area contributed by atoms with Crippen LogP contribution in [-0.4, -0.2) is 52.8 Å². The number of ketones is 2. The van der Waals surface area contributed by atoms with E-state index < -0.39 is 5.92 Å². The molecule has 2 aliphatic rings. The molecular formula is C35H45NO6. The van der Waals surface area contributed by atoms with E-state index in [1.165, 1.54) is 34.6 Å². The fraction of sp³-hybridized carbons (Fsp3) is 0.514. The lowest BCUT2D eigenvalue weighted by Crippen LogP contribution is -2.44. The van der Waals surface area contributed by atoms with E-state index in [0.717, 1.165) is 18.6 Å². The molecule has 2 aromatic carbocycles. The number of likely N-dealkylation sites (tertiary alicyclic amines) is 1. The molecule has 1 aliphatic carbocycles. The van der Waals surface area contributed by atoms with Crippen molar-refractivity contribution in [3.63, 3.8) is 0 Å². The molecule has 1 heterocycles. The van der Waals surface area contributed by atoms with Gasteiger partial charge in [-0.25, -0.2) is 0 Å². The second kappa shape index (κ2) is 14.0. The van der Waals surface area contributed by atoms with E-state index in [4.69, 9.17) is 4.74 Å². The highest BCUT2D eigenvalue weighted by Gasteiger charge is 2.37. The second-order valence-corrected chi connectivity index (χ2v) is 12.2. The molecule has 1 saturated carbocycles. The smallest absolute Gasteiger partial charge is 0.226 e. The molecule has 0 bridgehead atoms. The van der Waals surface area contributed by atoms with Crippen LogP contribution in [0.5, 0.6) is 17.2 Å². The Labute approximate surface area is 249 Å². The summed E-state index contributed by atoms with van der Waals surface area (Å²) in [7, 11) is 1.71. The van der Waals surface area contributed by atoms with Gasteiger partial charge in [-0.2, -0.15) is 0 Å². The zero-order valence-electron chi connectivity index (χ0n) is 25.2.